The van der Waals surface area contributed by atoms with Gasteiger partial charge in [-0.05, 0) is 87.8 Å². The lowest BCUT2D eigenvalue weighted by Gasteiger charge is -2.36. The highest BCUT2D eigenvalue weighted by Gasteiger charge is 2.53. The zero-order chi connectivity index (χ0) is 32.7. The van der Waals surface area contributed by atoms with Crippen molar-refractivity contribution in [2.24, 2.45) is 0 Å². The number of carbonyl (C=O) groups excluding carboxylic acids is 2. The molecule has 2 aromatic rings. The largest absolute Gasteiger partial charge is 0.491 e. The lowest BCUT2D eigenvalue weighted by molar-refractivity contribution is -0.138. The van der Waals surface area contributed by atoms with Crippen LogP contribution in [0.25, 0.3) is 0 Å². The molecule has 13 heteroatoms. The summed E-state index contributed by atoms with van der Waals surface area (Å²) in [4.78, 5) is 27.9. The molecule has 1 atom stereocenters. The van der Waals surface area contributed by atoms with Crippen LogP contribution in [0, 0.1) is 25.2 Å². The number of hydrogen-bond donors (Lipinski definition) is 1. The Balaban J connectivity index is 1.82. The van der Waals surface area contributed by atoms with E-state index in [2.05, 4.69) is 5.32 Å². The second-order valence-corrected chi connectivity index (χ2v) is 11.2. The molecule has 44 heavy (non-hydrogen) atoms. The summed E-state index contributed by atoms with van der Waals surface area (Å²) in [5.74, 6) is -0.00945. The maximum atomic E-state index is 13.7. The van der Waals surface area contributed by atoms with Crippen LogP contribution in [0.2, 0.25) is 0 Å². The van der Waals surface area contributed by atoms with E-state index in [0.717, 1.165) is 28.2 Å². The summed E-state index contributed by atoms with van der Waals surface area (Å²) in [5, 5.41) is 11.9. The summed E-state index contributed by atoms with van der Waals surface area (Å²) in [7, 11) is 0. The summed E-state index contributed by atoms with van der Waals surface area (Å²) in [6, 6.07) is 10.3. The molecule has 0 saturated carbocycles. The van der Waals surface area contributed by atoms with E-state index in [0.29, 0.717) is 18.6 Å². The molecular weight excluding hydrogens is 597 g/mol. The van der Waals surface area contributed by atoms with Crippen molar-refractivity contribution in [2.45, 2.75) is 65.4 Å². The molecule has 1 N–H and O–H groups in total. The second kappa shape index (κ2) is 14.8. The molecule has 1 aliphatic heterocycles. The van der Waals surface area contributed by atoms with Gasteiger partial charge in [0.1, 0.15) is 17.9 Å². The monoisotopic (exact) mass is 634 g/mol. The number of carbonyl (C=O) groups is 2. The van der Waals surface area contributed by atoms with Gasteiger partial charge in [-0.2, -0.15) is 18.4 Å². The van der Waals surface area contributed by atoms with Gasteiger partial charge in [0.25, 0.3) is 5.91 Å². The standard InChI is InChI=1S/C31H37F3N4O5S/c1-6-7-26(39)36-10-11-41-19-27(43-13-12-42-24-15-20(2)14-21(3)16-24)38-29(44)37(28(40)30(38,4)5)23-9-8-22(18-35)25(17-23)31(32,33)34/h8-9,14-17,27H,6-7,10-13,19H2,1-5H3,(H,36,39). The molecule has 1 aliphatic rings. The molecule has 0 radical (unpaired) electrons. The van der Waals surface area contributed by atoms with Crippen LogP contribution in [-0.4, -0.2) is 66.6 Å². The van der Waals surface area contributed by atoms with E-state index >= 15 is 0 Å². The van der Waals surface area contributed by atoms with E-state index in [1.165, 1.54) is 17.0 Å². The number of amides is 2. The summed E-state index contributed by atoms with van der Waals surface area (Å²) in [5.41, 5.74) is -1.12. The number of hydrogen-bond acceptors (Lipinski definition) is 7. The minimum atomic E-state index is -4.82. The number of rotatable bonds is 14. The molecule has 0 spiro atoms. The summed E-state index contributed by atoms with van der Waals surface area (Å²) < 4.78 is 58.9. The number of thiocarbonyl (C=S) groups is 1. The van der Waals surface area contributed by atoms with Gasteiger partial charge in [0.15, 0.2) is 11.3 Å². The van der Waals surface area contributed by atoms with Crippen LogP contribution in [-0.2, 0) is 25.2 Å². The van der Waals surface area contributed by atoms with E-state index in [1.807, 2.05) is 39.0 Å². The Morgan fingerprint density at radius 1 is 1.11 bits per heavy atom. The number of ether oxygens (including phenoxy) is 3. The fourth-order valence-electron chi connectivity index (χ4n) is 4.84. The molecule has 3 rings (SSSR count). The smallest absolute Gasteiger partial charge is 0.417 e. The molecule has 9 nitrogen and oxygen atoms in total. The summed E-state index contributed by atoms with van der Waals surface area (Å²) in [6.45, 7) is 9.56. The predicted molar refractivity (Wildman–Crippen MR) is 162 cm³/mol. The molecule has 1 unspecified atom stereocenters. The third kappa shape index (κ3) is 8.46. The van der Waals surface area contributed by atoms with Crippen LogP contribution in [0.4, 0.5) is 18.9 Å². The van der Waals surface area contributed by atoms with Crippen molar-refractivity contribution >= 4 is 34.8 Å². The molecule has 2 amide bonds. The molecule has 2 aromatic carbocycles. The number of nitriles is 1. The van der Waals surface area contributed by atoms with Crippen LogP contribution in [0.3, 0.4) is 0 Å². The van der Waals surface area contributed by atoms with Gasteiger partial charge in [0.05, 0.1) is 42.7 Å². The maximum Gasteiger partial charge on any atom is 0.417 e. The molecular formula is C31H37F3N4O5S. The fraction of sp³-hybridized carbons (Fsp3) is 0.484. The van der Waals surface area contributed by atoms with Gasteiger partial charge < -0.3 is 24.4 Å². The van der Waals surface area contributed by atoms with Crippen molar-refractivity contribution in [3.63, 3.8) is 0 Å². The maximum absolute atomic E-state index is 13.7. The zero-order valence-corrected chi connectivity index (χ0v) is 26.2. The molecule has 0 bridgehead atoms. The normalized spacial score (nSPS) is 15.3. The first-order valence-electron chi connectivity index (χ1n) is 14.2. The second-order valence-electron chi connectivity index (χ2n) is 10.9. The van der Waals surface area contributed by atoms with Crippen LogP contribution < -0.4 is 15.0 Å². The molecule has 1 fully saturated rings. The van der Waals surface area contributed by atoms with Gasteiger partial charge in [-0.15, -0.1) is 0 Å². The minimum absolute atomic E-state index is 0.0704. The Labute approximate surface area is 260 Å². The predicted octanol–water partition coefficient (Wildman–Crippen LogP) is 5.26. The highest BCUT2D eigenvalue weighted by molar-refractivity contribution is 7.80. The van der Waals surface area contributed by atoms with Crippen molar-refractivity contribution in [2.75, 3.05) is 37.9 Å². The van der Waals surface area contributed by atoms with E-state index in [-0.39, 0.29) is 49.7 Å². The minimum Gasteiger partial charge on any atom is -0.491 e. The van der Waals surface area contributed by atoms with Crippen LogP contribution >= 0.6 is 12.2 Å². The van der Waals surface area contributed by atoms with Gasteiger partial charge in [-0.25, -0.2) is 0 Å². The van der Waals surface area contributed by atoms with E-state index in [1.54, 1.807) is 13.8 Å². The summed E-state index contributed by atoms with van der Waals surface area (Å²) >= 11 is 5.65. The third-order valence-corrected chi connectivity index (χ3v) is 7.24. The van der Waals surface area contributed by atoms with E-state index in [4.69, 9.17) is 26.4 Å². The number of nitrogens with zero attached hydrogens (tertiary/aromatic N) is 3. The quantitative estimate of drug-likeness (QED) is 0.222. The van der Waals surface area contributed by atoms with Crippen molar-refractivity contribution in [3.05, 3.63) is 58.7 Å². The van der Waals surface area contributed by atoms with Gasteiger partial charge in [0.2, 0.25) is 5.91 Å². The first-order valence-corrected chi connectivity index (χ1v) is 14.6. The topological polar surface area (TPSA) is 104 Å². The van der Waals surface area contributed by atoms with Gasteiger partial charge >= 0.3 is 6.18 Å². The van der Waals surface area contributed by atoms with Crippen molar-refractivity contribution in [1.29, 1.82) is 5.26 Å². The van der Waals surface area contributed by atoms with Crippen molar-refractivity contribution in [3.8, 4) is 11.8 Å². The highest BCUT2D eigenvalue weighted by Crippen LogP contribution is 2.38. The fourth-order valence-corrected chi connectivity index (χ4v) is 5.38. The van der Waals surface area contributed by atoms with E-state index in [9.17, 15) is 28.0 Å². The van der Waals surface area contributed by atoms with Gasteiger partial charge in [-0.3, -0.25) is 14.5 Å². The highest BCUT2D eigenvalue weighted by atomic mass is 32.1. The molecule has 1 heterocycles. The third-order valence-electron chi connectivity index (χ3n) is 6.86. The lowest BCUT2D eigenvalue weighted by atomic mass is 10.0. The van der Waals surface area contributed by atoms with Crippen molar-refractivity contribution in [1.82, 2.24) is 10.2 Å². The van der Waals surface area contributed by atoms with Crippen LogP contribution in [0.1, 0.15) is 55.9 Å². The average molecular weight is 635 g/mol. The Hall–Kier alpha value is -3.73. The lowest BCUT2D eigenvalue weighted by Crippen LogP contribution is -2.53. The Morgan fingerprint density at radius 2 is 1.80 bits per heavy atom. The Morgan fingerprint density at radius 3 is 2.41 bits per heavy atom. The van der Waals surface area contributed by atoms with Gasteiger partial charge in [0, 0.05) is 13.0 Å². The Kier molecular flexibility index (Phi) is 11.7. The van der Waals surface area contributed by atoms with Crippen LogP contribution in [0.5, 0.6) is 5.75 Å². The number of benzene rings is 2. The Bertz CT molecular complexity index is 1390. The molecule has 238 valence electrons. The van der Waals surface area contributed by atoms with E-state index < -0.39 is 35.0 Å². The number of halogens is 3. The number of aryl methyl sites for hydroxylation is 2. The van der Waals surface area contributed by atoms with Crippen LogP contribution in [0.15, 0.2) is 36.4 Å². The first-order chi connectivity index (χ1) is 20.7. The number of alkyl halides is 3. The average Bonchev–Trinajstić information content (AvgIpc) is 3.11. The first kappa shape index (κ1) is 34.8. The van der Waals surface area contributed by atoms with Crippen molar-refractivity contribution < 1.29 is 37.0 Å². The molecule has 0 aliphatic carbocycles. The molecule has 0 aromatic heterocycles. The number of anilines is 1. The summed E-state index contributed by atoms with van der Waals surface area (Å²) in [6.07, 6.45) is -4.64. The van der Waals surface area contributed by atoms with Gasteiger partial charge in [-0.1, -0.05) is 13.0 Å². The zero-order valence-electron chi connectivity index (χ0n) is 25.4. The molecule has 1 saturated heterocycles. The SMILES string of the molecule is CCCC(=O)NCCOCC(OCCOc1cc(C)cc(C)c1)N1C(=S)N(c2ccc(C#N)c(C(F)(F)F)c2)C(=O)C1(C)C. The number of nitrogens with one attached hydrogen (secondary N) is 1.